The van der Waals surface area contributed by atoms with E-state index < -0.39 is 30.1 Å². The SMILES string of the molecule is CCOC(CNC(=O)OCC1c2ccccc2-c2ccccc21)CC(=O)N[C@@H](CC1CC1)C(=O)O. The van der Waals surface area contributed by atoms with Crippen molar-refractivity contribution in [3.8, 4) is 11.1 Å². The molecule has 0 aliphatic heterocycles. The summed E-state index contributed by atoms with van der Waals surface area (Å²) in [6.45, 7) is 2.43. The van der Waals surface area contributed by atoms with Crippen LogP contribution in [-0.2, 0) is 19.1 Å². The lowest BCUT2D eigenvalue weighted by Gasteiger charge is -2.20. The van der Waals surface area contributed by atoms with E-state index in [1.54, 1.807) is 6.92 Å². The van der Waals surface area contributed by atoms with Crippen LogP contribution in [0.1, 0.15) is 49.7 Å². The van der Waals surface area contributed by atoms with Crippen LogP contribution in [0.15, 0.2) is 48.5 Å². The van der Waals surface area contributed by atoms with Crippen molar-refractivity contribution in [2.45, 2.75) is 50.7 Å². The van der Waals surface area contributed by atoms with Crippen molar-refractivity contribution in [1.82, 2.24) is 10.6 Å². The second kappa shape index (κ2) is 11.4. The van der Waals surface area contributed by atoms with Gasteiger partial charge in [-0.1, -0.05) is 61.4 Å². The molecule has 8 nitrogen and oxygen atoms in total. The molecule has 0 spiro atoms. The standard InChI is InChI=1S/C27H32N2O6/c1-2-34-18(14-25(30)29-24(26(31)32)13-17-11-12-17)15-28-27(33)35-16-23-21-9-5-3-7-19(21)20-8-4-6-10-22(20)23/h3-10,17-18,23-24H,2,11-16H2,1H3,(H,28,33)(H,29,30)(H,31,32)/t18?,24-/m0/s1. The number of aliphatic carboxylic acids is 1. The van der Waals surface area contributed by atoms with E-state index in [0.717, 1.165) is 35.1 Å². The van der Waals surface area contributed by atoms with Crippen molar-refractivity contribution in [2.24, 2.45) is 5.92 Å². The lowest BCUT2D eigenvalue weighted by Crippen LogP contribution is -2.44. The van der Waals surface area contributed by atoms with Crippen molar-refractivity contribution in [3.05, 3.63) is 59.7 Å². The topological polar surface area (TPSA) is 114 Å². The summed E-state index contributed by atoms with van der Waals surface area (Å²) < 4.78 is 11.1. The zero-order chi connectivity index (χ0) is 24.8. The quantitative estimate of drug-likeness (QED) is 0.427. The predicted octanol–water partition coefficient (Wildman–Crippen LogP) is 3.69. The summed E-state index contributed by atoms with van der Waals surface area (Å²) in [6.07, 6.45) is 1.23. The molecule has 0 aromatic heterocycles. The Hall–Kier alpha value is -3.39. The Balaban J connectivity index is 1.27. The van der Waals surface area contributed by atoms with Crippen molar-refractivity contribution < 1.29 is 29.0 Å². The number of nitrogens with one attached hydrogen (secondary N) is 2. The zero-order valence-electron chi connectivity index (χ0n) is 19.9. The Morgan fingerprint density at radius 1 is 1.03 bits per heavy atom. The molecule has 1 saturated carbocycles. The Morgan fingerprint density at radius 2 is 1.66 bits per heavy atom. The molecule has 2 aliphatic carbocycles. The lowest BCUT2D eigenvalue weighted by molar-refractivity contribution is -0.142. The summed E-state index contributed by atoms with van der Waals surface area (Å²) >= 11 is 0. The summed E-state index contributed by atoms with van der Waals surface area (Å²) in [6, 6.07) is 15.3. The Kier molecular flexibility index (Phi) is 8.02. The molecule has 186 valence electrons. The molecule has 2 atom stereocenters. The van der Waals surface area contributed by atoms with E-state index in [-0.39, 0.29) is 25.5 Å². The minimum absolute atomic E-state index is 0.0407. The van der Waals surface area contributed by atoms with Crippen molar-refractivity contribution >= 4 is 18.0 Å². The minimum atomic E-state index is -1.03. The molecule has 3 N–H and O–H groups in total. The van der Waals surface area contributed by atoms with Gasteiger partial charge in [0.25, 0.3) is 0 Å². The molecule has 0 saturated heterocycles. The van der Waals surface area contributed by atoms with Gasteiger partial charge in [-0.3, -0.25) is 4.79 Å². The van der Waals surface area contributed by atoms with Crippen LogP contribution in [0.4, 0.5) is 4.79 Å². The van der Waals surface area contributed by atoms with E-state index in [1.165, 1.54) is 0 Å². The first kappa shape index (κ1) is 24.7. The van der Waals surface area contributed by atoms with E-state index in [1.807, 2.05) is 24.3 Å². The predicted molar refractivity (Wildman–Crippen MR) is 130 cm³/mol. The Bertz CT molecular complexity index is 1020. The number of carboxylic acid groups (broad SMARTS) is 1. The normalized spacial score (nSPS) is 16.0. The van der Waals surface area contributed by atoms with Gasteiger partial charge in [0.05, 0.1) is 12.5 Å². The van der Waals surface area contributed by atoms with Crippen LogP contribution in [-0.4, -0.2) is 55.0 Å². The number of alkyl carbamates (subject to hydrolysis) is 1. The largest absolute Gasteiger partial charge is 0.480 e. The van der Waals surface area contributed by atoms with Gasteiger partial charge < -0.3 is 25.2 Å². The highest BCUT2D eigenvalue weighted by atomic mass is 16.5. The molecular weight excluding hydrogens is 448 g/mol. The number of fused-ring (bicyclic) bond motifs is 3. The summed E-state index contributed by atoms with van der Waals surface area (Å²) in [4.78, 5) is 36.3. The summed E-state index contributed by atoms with van der Waals surface area (Å²) in [5, 5.41) is 14.6. The first-order valence-corrected chi connectivity index (χ1v) is 12.2. The third kappa shape index (κ3) is 6.39. The van der Waals surface area contributed by atoms with Crippen LogP contribution < -0.4 is 10.6 Å². The van der Waals surface area contributed by atoms with E-state index in [4.69, 9.17) is 9.47 Å². The van der Waals surface area contributed by atoms with E-state index in [9.17, 15) is 19.5 Å². The highest BCUT2D eigenvalue weighted by molar-refractivity contribution is 5.84. The average molecular weight is 481 g/mol. The van der Waals surface area contributed by atoms with Gasteiger partial charge in [-0.15, -0.1) is 0 Å². The van der Waals surface area contributed by atoms with E-state index >= 15 is 0 Å². The lowest BCUT2D eigenvalue weighted by atomic mass is 9.98. The Labute approximate surface area is 205 Å². The maximum atomic E-state index is 12.4. The second-order valence-corrected chi connectivity index (χ2v) is 9.13. The van der Waals surface area contributed by atoms with Gasteiger partial charge in [-0.05, 0) is 41.5 Å². The van der Waals surface area contributed by atoms with Crippen molar-refractivity contribution in [3.63, 3.8) is 0 Å². The number of hydrogen-bond acceptors (Lipinski definition) is 5. The number of hydrogen-bond donors (Lipinski definition) is 3. The molecule has 0 bridgehead atoms. The maximum Gasteiger partial charge on any atom is 0.407 e. The maximum absolute atomic E-state index is 12.4. The van der Waals surface area contributed by atoms with Crippen LogP contribution in [0.2, 0.25) is 0 Å². The number of carbonyl (C=O) groups excluding carboxylic acids is 2. The van der Waals surface area contributed by atoms with Crippen LogP contribution in [0.25, 0.3) is 11.1 Å². The number of rotatable bonds is 12. The van der Waals surface area contributed by atoms with Gasteiger partial charge in [-0.25, -0.2) is 9.59 Å². The van der Waals surface area contributed by atoms with Gasteiger partial charge >= 0.3 is 12.1 Å². The second-order valence-electron chi connectivity index (χ2n) is 9.13. The molecule has 4 rings (SSSR count). The summed E-state index contributed by atoms with van der Waals surface area (Å²) in [5.41, 5.74) is 4.57. The van der Waals surface area contributed by atoms with Crippen molar-refractivity contribution in [2.75, 3.05) is 19.8 Å². The first-order valence-electron chi connectivity index (χ1n) is 12.2. The molecule has 2 aromatic carbocycles. The molecule has 8 heteroatoms. The number of carbonyl (C=O) groups is 3. The molecule has 2 aromatic rings. The Morgan fingerprint density at radius 3 is 2.23 bits per heavy atom. The fourth-order valence-electron chi connectivity index (χ4n) is 4.64. The highest BCUT2D eigenvalue weighted by Gasteiger charge is 2.31. The number of benzene rings is 2. The number of amides is 2. The fraction of sp³-hybridized carbons (Fsp3) is 0.444. The average Bonchev–Trinajstić information content (AvgIpc) is 3.61. The molecule has 2 amide bonds. The monoisotopic (exact) mass is 480 g/mol. The van der Waals surface area contributed by atoms with Crippen molar-refractivity contribution in [1.29, 1.82) is 0 Å². The molecule has 0 heterocycles. The van der Waals surface area contributed by atoms with E-state index in [2.05, 4.69) is 34.9 Å². The van der Waals surface area contributed by atoms with Gasteiger partial charge in [0, 0.05) is 19.1 Å². The highest BCUT2D eigenvalue weighted by Crippen LogP contribution is 2.44. The molecule has 2 aliphatic rings. The number of carboxylic acids is 1. The molecule has 35 heavy (non-hydrogen) atoms. The van der Waals surface area contributed by atoms with Gasteiger partial charge in [0.15, 0.2) is 0 Å². The van der Waals surface area contributed by atoms with Crippen LogP contribution >= 0.6 is 0 Å². The van der Waals surface area contributed by atoms with Crippen LogP contribution in [0.3, 0.4) is 0 Å². The third-order valence-electron chi connectivity index (χ3n) is 6.53. The van der Waals surface area contributed by atoms with Crippen LogP contribution in [0, 0.1) is 5.92 Å². The van der Waals surface area contributed by atoms with Gasteiger partial charge in [-0.2, -0.15) is 0 Å². The zero-order valence-corrected chi connectivity index (χ0v) is 19.9. The smallest absolute Gasteiger partial charge is 0.407 e. The summed E-state index contributed by atoms with van der Waals surface area (Å²) in [5.74, 6) is -1.11. The third-order valence-corrected chi connectivity index (χ3v) is 6.53. The fourth-order valence-corrected chi connectivity index (χ4v) is 4.64. The molecule has 1 fully saturated rings. The van der Waals surface area contributed by atoms with Crippen LogP contribution in [0.5, 0.6) is 0 Å². The van der Waals surface area contributed by atoms with Gasteiger partial charge in [0.2, 0.25) is 5.91 Å². The van der Waals surface area contributed by atoms with Gasteiger partial charge in [0.1, 0.15) is 12.6 Å². The molecule has 0 radical (unpaired) electrons. The first-order chi connectivity index (χ1) is 17.0. The molecular formula is C27H32N2O6. The van der Waals surface area contributed by atoms with E-state index in [0.29, 0.717) is 18.9 Å². The summed E-state index contributed by atoms with van der Waals surface area (Å²) in [7, 11) is 0. The minimum Gasteiger partial charge on any atom is -0.480 e. The molecule has 1 unspecified atom stereocenters. The number of ether oxygens (including phenoxy) is 2.